The minimum Gasteiger partial charge on any atom is -0.334 e. The van der Waals surface area contributed by atoms with Gasteiger partial charge in [0.05, 0.1) is 5.54 Å². The Labute approximate surface area is 514 Å². The van der Waals surface area contributed by atoms with Crippen molar-refractivity contribution < 1.29 is 0 Å². The molecule has 2 unspecified atom stereocenters. The number of hydrogen-bond acceptors (Lipinski definition) is 3. The van der Waals surface area contributed by atoms with Gasteiger partial charge in [-0.2, -0.15) is 0 Å². The molecule has 0 bridgehead atoms. The maximum absolute atomic E-state index is 3.71. The lowest BCUT2D eigenvalue weighted by molar-refractivity contribution is 0.195. The molecule has 0 amide bonds. The van der Waals surface area contributed by atoms with Gasteiger partial charge in [0.25, 0.3) is 6.71 Å². The van der Waals surface area contributed by atoms with Crippen LogP contribution in [0.4, 0.5) is 45.5 Å². The molecule has 0 aromatic heterocycles. The van der Waals surface area contributed by atoms with Gasteiger partial charge in [0.1, 0.15) is 0 Å². The van der Waals surface area contributed by atoms with Gasteiger partial charge in [0.2, 0.25) is 0 Å². The van der Waals surface area contributed by atoms with Gasteiger partial charge in [-0.15, -0.1) is 0 Å². The molecule has 432 valence electrons. The molecule has 4 heteroatoms. The first-order valence-electron chi connectivity index (χ1n) is 32.9. The van der Waals surface area contributed by atoms with Crippen molar-refractivity contribution in [3.05, 3.63) is 197 Å². The number of rotatable bonds is 4. The van der Waals surface area contributed by atoms with Crippen LogP contribution in [0.5, 0.6) is 0 Å². The molecule has 0 N–H and O–H groups in total. The summed E-state index contributed by atoms with van der Waals surface area (Å²) in [5.74, 6) is 0. The Hall–Kier alpha value is -7.22. The highest BCUT2D eigenvalue weighted by Gasteiger charge is 2.59. The lowest BCUT2D eigenvalue weighted by Gasteiger charge is -2.52. The van der Waals surface area contributed by atoms with E-state index in [1.54, 1.807) is 0 Å². The standard InChI is InChI=1S/C82H86BN3/c1-75(2)36-37-76(3,4)61-44-56(30-32-60(61)75)85-71-50-65-63(78(7,8)39-41-80(65,11)12)48-68(71)83-67-47-62-64(79(9,10)40-38-77(62,5)6)49-70(67)84(55-29-31-59-54(42-55)27-26-52-24-18-19-25-58(52)59)72-45-57(46-73(85)74(72)83)86-69-33-28-53(51-22-16-15-17-23-51)43-66(69)81(13)34-20-21-35-82(81,86)14/h15-19,22-25,28-33,42-50H,20-21,34-41H2,1-14H3. The normalized spacial score (nSPS) is 23.5. The van der Waals surface area contributed by atoms with E-state index in [9.17, 15) is 0 Å². The number of benzene rings is 8. The Kier molecular flexibility index (Phi) is 11.2. The molecule has 3 aliphatic heterocycles. The van der Waals surface area contributed by atoms with Crippen LogP contribution in [-0.2, 0) is 37.9 Å². The molecule has 0 saturated heterocycles. The molecular formula is C82H86BN3. The summed E-state index contributed by atoms with van der Waals surface area (Å²) in [5.41, 5.74) is 27.4. The average Bonchev–Trinajstić information content (AvgIpc) is 1.08. The Bertz CT molecular complexity index is 4380. The van der Waals surface area contributed by atoms with E-state index in [-0.39, 0.29) is 50.2 Å². The maximum atomic E-state index is 3.71. The van der Waals surface area contributed by atoms with Crippen molar-refractivity contribution in [3.63, 3.8) is 0 Å². The van der Waals surface area contributed by atoms with Crippen LogP contribution in [0.3, 0.4) is 0 Å². The van der Waals surface area contributed by atoms with Crippen molar-refractivity contribution in [1.29, 1.82) is 0 Å². The van der Waals surface area contributed by atoms with E-state index in [0.717, 1.165) is 61.4 Å². The van der Waals surface area contributed by atoms with Crippen LogP contribution in [0, 0.1) is 12.1 Å². The zero-order valence-corrected chi connectivity index (χ0v) is 53.8. The number of hydrogen-bond donors (Lipinski definition) is 0. The Morgan fingerprint density at radius 3 is 1.43 bits per heavy atom. The second kappa shape index (κ2) is 17.7. The smallest absolute Gasteiger partial charge is 0.252 e. The minimum absolute atomic E-state index is 0.00437. The van der Waals surface area contributed by atoms with Gasteiger partial charge >= 0.3 is 0 Å². The van der Waals surface area contributed by atoms with E-state index in [4.69, 9.17) is 0 Å². The van der Waals surface area contributed by atoms with Crippen molar-refractivity contribution in [3.8, 4) is 11.1 Å². The molecule has 1 saturated carbocycles. The number of nitrogens with zero attached hydrogens (tertiary/aromatic N) is 3. The first-order chi connectivity index (χ1) is 40.8. The van der Waals surface area contributed by atoms with E-state index < -0.39 is 0 Å². The average molecular weight is 1120 g/mol. The highest BCUT2D eigenvalue weighted by Crippen LogP contribution is 2.63. The lowest BCUT2D eigenvalue weighted by atomic mass is 9.32. The fourth-order valence-electron chi connectivity index (χ4n) is 18.4. The van der Waals surface area contributed by atoms with E-state index >= 15 is 0 Å². The van der Waals surface area contributed by atoms with Crippen LogP contribution in [0.2, 0.25) is 0 Å². The van der Waals surface area contributed by atoms with Gasteiger partial charge < -0.3 is 14.7 Å². The topological polar surface area (TPSA) is 9.72 Å². The summed E-state index contributed by atoms with van der Waals surface area (Å²) in [6.45, 7) is 35.3. The summed E-state index contributed by atoms with van der Waals surface area (Å²) in [6, 6.07) is 65.9. The highest BCUT2D eigenvalue weighted by atomic mass is 15.3. The first kappa shape index (κ1) is 54.2. The van der Waals surface area contributed by atoms with Crippen LogP contribution in [0.25, 0.3) is 32.7 Å². The van der Waals surface area contributed by atoms with E-state index in [0.29, 0.717) is 0 Å². The number of fused-ring (bicyclic) bond motifs is 13. The minimum atomic E-state index is -0.197. The SMILES string of the molecule is CC1(C)CCC(C)(C)c2cc(N3c4cc5c(cc4B4c6cc7c(cc6N(c6ccc8c(c#cc9ccccc98)c6)c6cc(N8c9ccc(-c%10ccccc%10)cc9C9(C)CCCCC89C)cc3c64)C(C)(C)CCC7(C)C)C(C)(C)CCC5(C)C)ccc21. The van der Waals surface area contributed by atoms with Gasteiger partial charge in [-0.05, 0) is 235 Å². The molecule has 1 fully saturated rings. The summed E-state index contributed by atoms with van der Waals surface area (Å²) in [7, 11) is 0. The van der Waals surface area contributed by atoms with Gasteiger partial charge in [-0.1, -0.05) is 194 Å². The molecule has 3 nitrogen and oxygen atoms in total. The van der Waals surface area contributed by atoms with Crippen molar-refractivity contribution in [1.82, 2.24) is 0 Å². The predicted octanol–water partition coefficient (Wildman–Crippen LogP) is 20.1. The van der Waals surface area contributed by atoms with Gasteiger partial charge in [0.15, 0.2) is 0 Å². The largest absolute Gasteiger partial charge is 0.334 e. The molecule has 16 rings (SSSR count). The molecule has 9 aromatic rings. The molecule has 3 heterocycles. The first-order valence-corrected chi connectivity index (χ1v) is 32.9. The van der Waals surface area contributed by atoms with Crippen molar-refractivity contribution in [2.24, 2.45) is 0 Å². The molecule has 7 aliphatic rings. The lowest BCUT2D eigenvalue weighted by Crippen LogP contribution is -2.62. The second-order valence-electron chi connectivity index (χ2n) is 32.2. The van der Waals surface area contributed by atoms with E-state index in [2.05, 4.69) is 269 Å². The van der Waals surface area contributed by atoms with Crippen LogP contribution in [-0.4, -0.2) is 12.3 Å². The van der Waals surface area contributed by atoms with Crippen LogP contribution < -0.4 is 31.1 Å². The maximum Gasteiger partial charge on any atom is 0.252 e. The molecule has 2 atom stereocenters. The molecule has 0 spiro atoms. The third-order valence-corrected chi connectivity index (χ3v) is 24.4. The van der Waals surface area contributed by atoms with Crippen LogP contribution in [0.15, 0.2) is 146 Å². The van der Waals surface area contributed by atoms with Crippen molar-refractivity contribution in [2.45, 2.75) is 205 Å². The summed E-state index contributed by atoms with van der Waals surface area (Å²) >= 11 is 0. The Balaban J connectivity index is 1.06. The molecule has 0 radical (unpaired) electrons. The number of anilines is 8. The van der Waals surface area contributed by atoms with Gasteiger partial charge in [0, 0.05) is 61.7 Å². The fourth-order valence-corrected chi connectivity index (χ4v) is 18.4. The van der Waals surface area contributed by atoms with Crippen LogP contribution in [0.1, 0.15) is 200 Å². The summed E-state index contributed by atoms with van der Waals surface area (Å²) in [4.78, 5) is 8.40. The predicted molar refractivity (Wildman–Crippen MR) is 367 cm³/mol. The molecule has 9 aromatic carbocycles. The summed E-state index contributed by atoms with van der Waals surface area (Å²) < 4.78 is 0. The van der Waals surface area contributed by atoms with E-state index in [1.165, 1.54) is 136 Å². The zero-order valence-electron chi connectivity index (χ0n) is 53.8. The molecular weight excluding hydrogens is 1040 g/mol. The second-order valence-corrected chi connectivity index (χ2v) is 32.2. The molecule has 4 aliphatic carbocycles. The highest BCUT2D eigenvalue weighted by molar-refractivity contribution is 7.00. The van der Waals surface area contributed by atoms with Crippen molar-refractivity contribution >= 4 is 90.1 Å². The Morgan fingerprint density at radius 1 is 0.337 bits per heavy atom. The van der Waals surface area contributed by atoms with E-state index in [1.807, 2.05) is 0 Å². The quantitative estimate of drug-likeness (QED) is 0.163. The molecule has 86 heavy (non-hydrogen) atoms. The van der Waals surface area contributed by atoms with Gasteiger partial charge in [-0.25, -0.2) is 0 Å². The van der Waals surface area contributed by atoms with Crippen molar-refractivity contribution in [2.75, 3.05) is 14.7 Å². The summed E-state index contributed by atoms with van der Waals surface area (Å²) in [5, 5.41) is 4.62. The fraction of sp³-hybridized carbons (Fsp3) is 0.390. The summed E-state index contributed by atoms with van der Waals surface area (Å²) in [6.07, 6.45) is 11.7. The monoisotopic (exact) mass is 1120 g/mol. The van der Waals surface area contributed by atoms with Crippen LogP contribution >= 0.6 is 0 Å². The zero-order chi connectivity index (χ0) is 59.6. The Morgan fingerprint density at radius 2 is 0.826 bits per heavy atom. The van der Waals surface area contributed by atoms with Gasteiger partial charge in [-0.3, -0.25) is 0 Å². The third kappa shape index (κ3) is 7.48. The third-order valence-electron chi connectivity index (χ3n) is 24.4.